The first-order chi connectivity index (χ1) is 8.69. The molecule has 1 amide bonds. The highest BCUT2D eigenvalue weighted by molar-refractivity contribution is 5.85. The molecule has 1 heterocycles. The van der Waals surface area contributed by atoms with E-state index in [9.17, 15) is 4.79 Å². The summed E-state index contributed by atoms with van der Waals surface area (Å²) >= 11 is 0. The van der Waals surface area contributed by atoms with Crippen LogP contribution in [-0.4, -0.2) is 43.9 Å². The Hall–Kier alpha value is -0.650. The van der Waals surface area contributed by atoms with Crippen LogP contribution in [0.1, 0.15) is 32.6 Å². The normalized spacial score (nSPS) is 32.4. The van der Waals surface area contributed by atoms with E-state index in [1.165, 1.54) is 0 Å². The number of nitrogens with two attached hydrogens (primary N) is 1. The molecule has 5 nitrogen and oxygen atoms in total. The molecule has 0 aromatic heterocycles. The molecule has 1 saturated heterocycles. The minimum Gasteiger partial charge on any atom is -0.376 e. The Morgan fingerprint density at radius 1 is 1.56 bits per heavy atom. The Bertz CT molecular complexity index is 294. The largest absolute Gasteiger partial charge is 0.376 e. The lowest BCUT2D eigenvalue weighted by Crippen LogP contribution is -2.58. The third-order valence-electron chi connectivity index (χ3n) is 4.18. The van der Waals surface area contributed by atoms with Gasteiger partial charge in [-0.3, -0.25) is 4.79 Å². The van der Waals surface area contributed by atoms with Crippen molar-refractivity contribution < 1.29 is 14.3 Å². The molecule has 1 aliphatic carbocycles. The van der Waals surface area contributed by atoms with Gasteiger partial charge in [0, 0.05) is 6.61 Å². The zero-order valence-electron chi connectivity index (χ0n) is 11.1. The Morgan fingerprint density at radius 3 is 2.89 bits per heavy atom. The summed E-state index contributed by atoms with van der Waals surface area (Å²) in [6.45, 7) is 4.90. The van der Waals surface area contributed by atoms with E-state index in [-0.39, 0.29) is 12.0 Å². The molecule has 2 atom stereocenters. The second-order valence-corrected chi connectivity index (χ2v) is 5.27. The zero-order valence-corrected chi connectivity index (χ0v) is 11.1. The van der Waals surface area contributed by atoms with Crippen molar-refractivity contribution in [2.24, 2.45) is 11.7 Å². The topological polar surface area (TPSA) is 73.6 Å². The predicted octanol–water partition coefficient (Wildman–Crippen LogP) is 0.426. The number of rotatable bonds is 7. The van der Waals surface area contributed by atoms with Gasteiger partial charge in [-0.1, -0.05) is 13.3 Å². The number of likely N-dealkylation sites (N-methyl/N-ethyl adjacent to an activating group) is 1. The molecule has 18 heavy (non-hydrogen) atoms. The molecule has 104 valence electrons. The number of ether oxygens (including phenoxy) is 2. The maximum Gasteiger partial charge on any atom is 0.238 e. The molecule has 0 aromatic carbocycles. The van der Waals surface area contributed by atoms with E-state index in [1.807, 2.05) is 6.92 Å². The van der Waals surface area contributed by atoms with E-state index >= 15 is 0 Å². The fraction of sp³-hybridized carbons (Fsp3) is 0.923. The zero-order chi connectivity index (χ0) is 13.0. The summed E-state index contributed by atoms with van der Waals surface area (Å²) in [5.74, 6) is 0.0924. The summed E-state index contributed by atoms with van der Waals surface area (Å²) in [5, 5.41) is 3.32. The van der Waals surface area contributed by atoms with Gasteiger partial charge < -0.3 is 20.5 Å². The average Bonchev–Trinajstić information content (AvgIpc) is 2.67. The van der Waals surface area contributed by atoms with Crippen LogP contribution in [0, 0.1) is 5.92 Å². The quantitative estimate of drug-likeness (QED) is 0.692. The second kappa shape index (κ2) is 5.99. The summed E-state index contributed by atoms with van der Waals surface area (Å²) in [4.78, 5) is 11.8. The van der Waals surface area contributed by atoms with Crippen LogP contribution in [0.15, 0.2) is 0 Å². The molecule has 1 aliphatic heterocycles. The van der Waals surface area contributed by atoms with Crippen LogP contribution in [0.4, 0.5) is 0 Å². The lowest BCUT2D eigenvalue weighted by atomic mass is 9.84. The smallest absolute Gasteiger partial charge is 0.238 e. The first-order valence-corrected chi connectivity index (χ1v) is 6.93. The summed E-state index contributed by atoms with van der Waals surface area (Å²) in [6, 6.07) is 0. The van der Waals surface area contributed by atoms with Gasteiger partial charge in [0.15, 0.2) is 0 Å². The standard InChI is InChI=1S/C13H24N2O3/c1-2-15-13(12(14)16)6-3-4-10(13)5-7-18-11-8-17-9-11/h10-11,15H,2-9H2,1H3,(H2,14,16). The number of carbonyl (C=O) groups is 1. The van der Waals surface area contributed by atoms with Gasteiger partial charge in [-0.25, -0.2) is 0 Å². The molecule has 2 fully saturated rings. The molecule has 0 bridgehead atoms. The molecule has 1 saturated carbocycles. The number of hydrogen-bond acceptors (Lipinski definition) is 4. The van der Waals surface area contributed by atoms with Crippen LogP contribution in [0.25, 0.3) is 0 Å². The van der Waals surface area contributed by atoms with Gasteiger partial charge in [0.25, 0.3) is 0 Å². The molecule has 5 heteroatoms. The van der Waals surface area contributed by atoms with E-state index in [0.717, 1.165) is 32.2 Å². The van der Waals surface area contributed by atoms with Gasteiger partial charge in [-0.15, -0.1) is 0 Å². The van der Waals surface area contributed by atoms with Crippen LogP contribution in [0.3, 0.4) is 0 Å². The Labute approximate surface area is 108 Å². The maximum absolute atomic E-state index is 11.8. The van der Waals surface area contributed by atoms with Gasteiger partial charge >= 0.3 is 0 Å². The van der Waals surface area contributed by atoms with E-state index < -0.39 is 5.54 Å². The van der Waals surface area contributed by atoms with Crippen molar-refractivity contribution in [2.45, 2.75) is 44.2 Å². The van der Waals surface area contributed by atoms with E-state index in [0.29, 0.717) is 25.7 Å². The van der Waals surface area contributed by atoms with Crippen molar-refractivity contribution in [3.63, 3.8) is 0 Å². The minimum absolute atomic E-state index is 0.209. The van der Waals surface area contributed by atoms with Gasteiger partial charge in [-0.05, 0) is 31.7 Å². The SMILES string of the molecule is CCNC1(C(N)=O)CCCC1CCOC1COC1. The molecule has 3 N–H and O–H groups in total. The summed E-state index contributed by atoms with van der Waals surface area (Å²) < 4.78 is 10.7. The lowest BCUT2D eigenvalue weighted by molar-refractivity contribution is -0.134. The molecule has 2 aliphatic rings. The van der Waals surface area contributed by atoms with Crippen LogP contribution in [0.5, 0.6) is 0 Å². The van der Waals surface area contributed by atoms with Crippen molar-refractivity contribution in [3.8, 4) is 0 Å². The monoisotopic (exact) mass is 256 g/mol. The molecular formula is C13H24N2O3. The average molecular weight is 256 g/mol. The van der Waals surface area contributed by atoms with Crippen molar-refractivity contribution >= 4 is 5.91 Å². The third kappa shape index (κ3) is 2.68. The fourth-order valence-electron chi connectivity index (χ4n) is 3.12. The van der Waals surface area contributed by atoms with Crippen molar-refractivity contribution in [2.75, 3.05) is 26.4 Å². The maximum atomic E-state index is 11.8. The highest BCUT2D eigenvalue weighted by Crippen LogP contribution is 2.37. The van der Waals surface area contributed by atoms with Gasteiger partial charge in [0.05, 0.1) is 13.2 Å². The Balaban J connectivity index is 1.85. The van der Waals surface area contributed by atoms with Gasteiger partial charge in [0.2, 0.25) is 5.91 Å². The summed E-state index contributed by atoms with van der Waals surface area (Å²) in [6.07, 6.45) is 4.13. The number of primary amides is 1. The number of hydrogen-bond donors (Lipinski definition) is 2. The lowest BCUT2D eigenvalue weighted by Gasteiger charge is -2.34. The van der Waals surface area contributed by atoms with Crippen LogP contribution in [-0.2, 0) is 14.3 Å². The summed E-state index contributed by atoms with van der Waals surface area (Å²) in [7, 11) is 0. The van der Waals surface area contributed by atoms with E-state index in [2.05, 4.69) is 5.32 Å². The third-order valence-corrected chi connectivity index (χ3v) is 4.18. The highest BCUT2D eigenvalue weighted by atomic mass is 16.6. The van der Waals surface area contributed by atoms with Gasteiger partial charge in [-0.2, -0.15) is 0 Å². The first kappa shape index (κ1) is 13.8. The van der Waals surface area contributed by atoms with Crippen LogP contribution < -0.4 is 11.1 Å². The van der Waals surface area contributed by atoms with Crippen molar-refractivity contribution in [3.05, 3.63) is 0 Å². The van der Waals surface area contributed by atoms with E-state index in [1.54, 1.807) is 0 Å². The molecule has 0 aromatic rings. The molecular weight excluding hydrogens is 232 g/mol. The number of carbonyl (C=O) groups excluding carboxylic acids is 1. The van der Waals surface area contributed by atoms with E-state index in [4.69, 9.17) is 15.2 Å². The molecule has 0 radical (unpaired) electrons. The van der Waals surface area contributed by atoms with Crippen LogP contribution >= 0.6 is 0 Å². The summed E-state index contributed by atoms with van der Waals surface area (Å²) in [5.41, 5.74) is 5.11. The fourth-order valence-corrected chi connectivity index (χ4v) is 3.12. The molecule has 2 rings (SSSR count). The molecule has 2 unspecified atom stereocenters. The minimum atomic E-state index is -0.506. The number of nitrogens with one attached hydrogen (secondary N) is 1. The second-order valence-electron chi connectivity index (χ2n) is 5.27. The predicted molar refractivity (Wildman–Crippen MR) is 68.1 cm³/mol. The first-order valence-electron chi connectivity index (χ1n) is 6.93. The van der Waals surface area contributed by atoms with Crippen molar-refractivity contribution in [1.29, 1.82) is 0 Å². The number of amides is 1. The Morgan fingerprint density at radius 2 is 2.33 bits per heavy atom. The van der Waals surface area contributed by atoms with Crippen LogP contribution in [0.2, 0.25) is 0 Å². The highest BCUT2D eigenvalue weighted by Gasteiger charge is 2.46. The van der Waals surface area contributed by atoms with Gasteiger partial charge in [0.1, 0.15) is 11.6 Å². The molecule has 0 spiro atoms. The van der Waals surface area contributed by atoms with Crippen molar-refractivity contribution in [1.82, 2.24) is 5.32 Å². The Kier molecular flexibility index (Phi) is 4.59.